The molecule has 1 atom stereocenters. The maximum absolute atomic E-state index is 3.54. The molecule has 1 fully saturated rings. The van der Waals surface area contributed by atoms with E-state index in [4.69, 9.17) is 0 Å². The van der Waals surface area contributed by atoms with Crippen molar-refractivity contribution in [2.45, 2.75) is 46.1 Å². The molecule has 0 aromatic heterocycles. The lowest BCUT2D eigenvalue weighted by molar-refractivity contribution is 0.411. The van der Waals surface area contributed by atoms with Crippen LogP contribution < -0.4 is 5.32 Å². The van der Waals surface area contributed by atoms with Crippen LogP contribution in [0.25, 0.3) is 0 Å². The Labute approximate surface area is 99.3 Å². The van der Waals surface area contributed by atoms with Gasteiger partial charge in [-0.3, -0.25) is 0 Å². The smallest absolute Gasteiger partial charge is 0.0320 e. The van der Waals surface area contributed by atoms with Gasteiger partial charge in [0, 0.05) is 6.04 Å². The van der Waals surface area contributed by atoms with Crippen LogP contribution in [0.2, 0.25) is 0 Å². The molecule has 1 N–H and O–H groups in total. The number of rotatable bonds is 2. The Kier molecular flexibility index (Phi) is 3.34. The van der Waals surface area contributed by atoms with E-state index in [1.807, 2.05) is 0 Å². The van der Waals surface area contributed by atoms with Crippen molar-refractivity contribution in [1.82, 2.24) is 5.32 Å². The fraction of sp³-hybridized carbons (Fsp3) is 0.600. The Morgan fingerprint density at radius 3 is 2.38 bits per heavy atom. The summed E-state index contributed by atoms with van der Waals surface area (Å²) in [4.78, 5) is 0. The van der Waals surface area contributed by atoms with Crippen molar-refractivity contribution in [3.8, 4) is 0 Å². The summed E-state index contributed by atoms with van der Waals surface area (Å²) in [6.07, 6.45) is 3.76. The second kappa shape index (κ2) is 4.58. The van der Waals surface area contributed by atoms with E-state index in [0.717, 1.165) is 6.42 Å². The zero-order valence-corrected chi connectivity index (χ0v) is 10.7. The molecule has 1 aliphatic heterocycles. The summed E-state index contributed by atoms with van der Waals surface area (Å²) in [5, 5.41) is 3.54. The summed E-state index contributed by atoms with van der Waals surface area (Å²) >= 11 is 0. The monoisotopic (exact) mass is 217 g/mol. The van der Waals surface area contributed by atoms with E-state index in [2.05, 4.69) is 50.4 Å². The molecule has 0 saturated carbocycles. The lowest BCUT2D eigenvalue weighted by Gasteiger charge is -2.18. The van der Waals surface area contributed by atoms with E-state index < -0.39 is 0 Å². The summed E-state index contributed by atoms with van der Waals surface area (Å²) in [7, 11) is 0. The summed E-state index contributed by atoms with van der Waals surface area (Å²) in [5.74, 6) is 0. The van der Waals surface area contributed by atoms with E-state index in [0.29, 0.717) is 11.5 Å². The number of nitrogens with one attached hydrogen (secondary N) is 1. The zero-order chi connectivity index (χ0) is 11.6. The third-order valence-corrected chi connectivity index (χ3v) is 3.18. The molecule has 16 heavy (non-hydrogen) atoms. The van der Waals surface area contributed by atoms with Gasteiger partial charge in [0.05, 0.1) is 0 Å². The molecule has 1 heterocycles. The van der Waals surface area contributed by atoms with E-state index in [1.165, 1.54) is 30.5 Å². The van der Waals surface area contributed by atoms with Gasteiger partial charge in [0.15, 0.2) is 0 Å². The molecule has 88 valence electrons. The minimum atomic E-state index is 0.382. The summed E-state index contributed by atoms with van der Waals surface area (Å²) in [6.45, 7) is 8.05. The highest BCUT2D eigenvalue weighted by atomic mass is 14.9. The van der Waals surface area contributed by atoms with Gasteiger partial charge in [0.25, 0.3) is 0 Å². The van der Waals surface area contributed by atoms with E-state index in [1.54, 1.807) is 0 Å². The standard InChI is InChI=1S/C15H23N/c1-15(2,3)11-12-6-8-13(9-7-12)14-5-4-10-16-14/h6-9,14,16H,4-5,10-11H2,1-3H3. The molecule has 1 aliphatic rings. The molecule has 1 heteroatoms. The zero-order valence-electron chi connectivity index (χ0n) is 10.7. The predicted molar refractivity (Wildman–Crippen MR) is 69.6 cm³/mol. The van der Waals surface area contributed by atoms with Gasteiger partial charge in [0.1, 0.15) is 0 Å². The van der Waals surface area contributed by atoms with Crippen molar-refractivity contribution in [3.05, 3.63) is 35.4 Å². The molecule has 2 rings (SSSR count). The van der Waals surface area contributed by atoms with Crippen LogP contribution in [0.5, 0.6) is 0 Å². The van der Waals surface area contributed by atoms with Gasteiger partial charge in [-0.25, -0.2) is 0 Å². The van der Waals surface area contributed by atoms with Crippen molar-refractivity contribution in [3.63, 3.8) is 0 Å². The molecule has 1 unspecified atom stereocenters. The SMILES string of the molecule is CC(C)(C)Cc1ccc(C2CCCN2)cc1. The maximum Gasteiger partial charge on any atom is 0.0320 e. The highest BCUT2D eigenvalue weighted by Gasteiger charge is 2.16. The molecule has 0 spiro atoms. The second-order valence-electron chi connectivity index (χ2n) is 6.13. The van der Waals surface area contributed by atoms with Gasteiger partial charge in [-0.1, -0.05) is 45.0 Å². The topological polar surface area (TPSA) is 12.0 Å². The largest absolute Gasteiger partial charge is 0.310 e. The number of hydrogen-bond donors (Lipinski definition) is 1. The molecule has 0 radical (unpaired) electrons. The average molecular weight is 217 g/mol. The highest BCUT2D eigenvalue weighted by molar-refractivity contribution is 5.26. The van der Waals surface area contributed by atoms with Crippen LogP contribution in [0, 0.1) is 5.41 Å². The Balaban J connectivity index is 2.04. The van der Waals surface area contributed by atoms with Gasteiger partial charge >= 0.3 is 0 Å². The van der Waals surface area contributed by atoms with Gasteiger partial charge < -0.3 is 5.32 Å². The summed E-state index contributed by atoms with van der Waals surface area (Å²) in [6, 6.07) is 9.78. The molecule has 1 saturated heterocycles. The number of hydrogen-bond acceptors (Lipinski definition) is 1. The van der Waals surface area contributed by atoms with Gasteiger partial charge in [-0.05, 0) is 42.3 Å². The fourth-order valence-corrected chi connectivity index (χ4v) is 2.45. The second-order valence-corrected chi connectivity index (χ2v) is 6.13. The molecule has 1 aromatic carbocycles. The first-order chi connectivity index (χ1) is 7.54. The van der Waals surface area contributed by atoms with Crippen LogP contribution in [0.4, 0.5) is 0 Å². The Bertz CT molecular complexity index is 325. The Morgan fingerprint density at radius 1 is 1.19 bits per heavy atom. The van der Waals surface area contributed by atoms with Crippen LogP contribution in [0.15, 0.2) is 24.3 Å². The van der Waals surface area contributed by atoms with Crippen molar-refractivity contribution >= 4 is 0 Å². The van der Waals surface area contributed by atoms with Crippen molar-refractivity contribution in [2.75, 3.05) is 6.54 Å². The Morgan fingerprint density at radius 2 is 1.88 bits per heavy atom. The summed E-state index contributed by atoms with van der Waals surface area (Å²) in [5.41, 5.74) is 3.29. The molecule has 0 amide bonds. The normalized spacial score (nSPS) is 21.3. The maximum atomic E-state index is 3.54. The van der Waals surface area contributed by atoms with Gasteiger partial charge in [0.2, 0.25) is 0 Å². The lowest BCUT2D eigenvalue weighted by atomic mass is 9.87. The average Bonchev–Trinajstić information content (AvgIpc) is 2.69. The molecular formula is C15H23N. The van der Waals surface area contributed by atoms with Crippen LogP contribution in [-0.4, -0.2) is 6.54 Å². The van der Waals surface area contributed by atoms with Crippen LogP contribution in [0.3, 0.4) is 0 Å². The number of benzene rings is 1. The van der Waals surface area contributed by atoms with E-state index >= 15 is 0 Å². The van der Waals surface area contributed by atoms with Crippen LogP contribution >= 0.6 is 0 Å². The first-order valence-electron chi connectivity index (χ1n) is 6.37. The van der Waals surface area contributed by atoms with Crippen molar-refractivity contribution in [1.29, 1.82) is 0 Å². The molecule has 0 aliphatic carbocycles. The first kappa shape index (κ1) is 11.7. The van der Waals surface area contributed by atoms with Crippen LogP contribution in [-0.2, 0) is 6.42 Å². The predicted octanol–water partition coefficient (Wildman–Crippen LogP) is 3.70. The minimum absolute atomic E-state index is 0.382. The third-order valence-electron chi connectivity index (χ3n) is 3.18. The molecule has 0 bridgehead atoms. The summed E-state index contributed by atoms with van der Waals surface area (Å²) < 4.78 is 0. The first-order valence-corrected chi connectivity index (χ1v) is 6.37. The molecule has 1 aromatic rings. The quantitative estimate of drug-likeness (QED) is 0.796. The van der Waals surface area contributed by atoms with E-state index in [-0.39, 0.29) is 0 Å². The fourth-order valence-electron chi connectivity index (χ4n) is 2.45. The van der Waals surface area contributed by atoms with Crippen LogP contribution in [0.1, 0.15) is 50.8 Å². The molecular weight excluding hydrogens is 194 g/mol. The van der Waals surface area contributed by atoms with Crippen molar-refractivity contribution < 1.29 is 0 Å². The third kappa shape index (κ3) is 3.08. The van der Waals surface area contributed by atoms with Gasteiger partial charge in [-0.15, -0.1) is 0 Å². The lowest BCUT2D eigenvalue weighted by Crippen LogP contribution is -2.13. The minimum Gasteiger partial charge on any atom is -0.310 e. The van der Waals surface area contributed by atoms with Gasteiger partial charge in [-0.2, -0.15) is 0 Å². The molecule has 1 nitrogen and oxygen atoms in total. The van der Waals surface area contributed by atoms with Crippen molar-refractivity contribution in [2.24, 2.45) is 5.41 Å². The highest BCUT2D eigenvalue weighted by Crippen LogP contribution is 2.25. The van der Waals surface area contributed by atoms with E-state index in [9.17, 15) is 0 Å². The Hall–Kier alpha value is -0.820.